The average molecular weight is 385 g/mol. The summed E-state index contributed by atoms with van der Waals surface area (Å²) in [6.45, 7) is 8.76. The normalized spacial score (nSPS) is 13.8. The summed E-state index contributed by atoms with van der Waals surface area (Å²) in [6, 6.07) is 8.25. The van der Waals surface area contributed by atoms with E-state index in [9.17, 15) is 8.42 Å². The minimum absolute atomic E-state index is 0.0918. The molecule has 0 atom stereocenters. The first-order valence-corrected chi connectivity index (χ1v) is 10.2. The number of sulfonamides is 1. The molecule has 0 saturated carbocycles. The lowest BCUT2D eigenvalue weighted by molar-refractivity contribution is 0.589. The monoisotopic (exact) mass is 384 g/mol. The number of allylic oxidation sites excluding steroid dienone is 1. The summed E-state index contributed by atoms with van der Waals surface area (Å²) >= 11 is 7.05. The van der Waals surface area contributed by atoms with Crippen LogP contribution in [0.1, 0.15) is 31.3 Å². The second-order valence-corrected chi connectivity index (χ2v) is 9.23. The maximum atomic E-state index is 12.6. The zero-order valence-electron chi connectivity index (χ0n) is 14.2. The summed E-state index contributed by atoms with van der Waals surface area (Å²) in [5, 5.41) is 0. The molecular formula is C17H21ClN2O2S2. The van der Waals surface area contributed by atoms with Crippen LogP contribution in [0, 0.1) is 6.92 Å². The number of halogens is 1. The Morgan fingerprint density at radius 1 is 1.25 bits per heavy atom. The van der Waals surface area contributed by atoms with Gasteiger partial charge in [-0.3, -0.25) is 0 Å². The van der Waals surface area contributed by atoms with E-state index in [0.29, 0.717) is 11.3 Å². The number of nitrogens with zero attached hydrogens (tertiary/aromatic N) is 2. The van der Waals surface area contributed by atoms with Crippen LogP contribution < -0.4 is 4.80 Å². The molecule has 2 aromatic rings. The number of hydrogen-bond acceptors (Lipinski definition) is 3. The SMILES string of the molecule is Cc1c(C(C)(C)C)s/c(=N\S(=O)(=O)c2ccccc2)n1C/C=C/Cl. The van der Waals surface area contributed by atoms with Gasteiger partial charge in [-0.2, -0.15) is 8.42 Å². The van der Waals surface area contributed by atoms with Crippen LogP contribution in [0.2, 0.25) is 0 Å². The van der Waals surface area contributed by atoms with Crippen LogP contribution in [-0.4, -0.2) is 13.0 Å². The molecule has 0 unspecified atom stereocenters. The average Bonchev–Trinajstić information content (AvgIpc) is 2.82. The van der Waals surface area contributed by atoms with Crippen LogP contribution >= 0.6 is 22.9 Å². The zero-order chi connectivity index (χ0) is 18.0. The number of hydrogen-bond donors (Lipinski definition) is 0. The second-order valence-electron chi connectivity index (χ2n) is 6.40. The van der Waals surface area contributed by atoms with Crippen molar-refractivity contribution in [1.82, 2.24) is 4.57 Å². The standard InChI is InChI=1S/C17H21ClN2O2S2/c1-13-15(17(2,3)4)23-16(20(13)12-8-11-18)19-24(21,22)14-9-6-5-7-10-14/h5-11H,12H2,1-4H3/b11-8+,19-16-. The zero-order valence-corrected chi connectivity index (χ0v) is 16.5. The molecule has 130 valence electrons. The Morgan fingerprint density at radius 2 is 1.88 bits per heavy atom. The summed E-state index contributed by atoms with van der Waals surface area (Å²) < 4.78 is 31.1. The number of thiazole rings is 1. The summed E-state index contributed by atoms with van der Waals surface area (Å²) in [4.78, 5) is 1.75. The van der Waals surface area contributed by atoms with Crippen molar-refractivity contribution in [3.63, 3.8) is 0 Å². The smallest absolute Gasteiger partial charge is 0.285 e. The molecule has 7 heteroatoms. The van der Waals surface area contributed by atoms with E-state index in [1.54, 1.807) is 36.4 Å². The van der Waals surface area contributed by atoms with E-state index in [-0.39, 0.29) is 10.3 Å². The molecule has 0 saturated heterocycles. The van der Waals surface area contributed by atoms with Crippen molar-refractivity contribution < 1.29 is 8.42 Å². The quantitative estimate of drug-likeness (QED) is 0.793. The third-order valence-corrected chi connectivity index (χ3v) is 6.64. The maximum absolute atomic E-state index is 12.6. The summed E-state index contributed by atoms with van der Waals surface area (Å²) in [5.41, 5.74) is 2.34. The highest BCUT2D eigenvalue weighted by atomic mass is 35.5. The Kier molecular flexibility index (Phi) is 5.73. The molecule has 0 bridgehead atoms. The van der Waals surface area contributed by atoms with Crippen LogP contribution in [0.15, 0.2) is 51.2 Å². The highest BCUT2D eigenvalue weighted by molar-refractivity contribution is 7.90. The lowest BCUT2D eigenvalue weighted by Crippen LogP contribution is -2.18. The van der Waals surface area contributed by atoms with Crippen molar-refractivity contribution in [1.29, 1.82) is 0 Å². The Hall–Kier alpha value is -1.37. The third-order valence-electron chi connectivity index (χ3n) is 3.46. The van der Waals surface area contributed by atoms with E-state index < -0.39 is 10.0 Å². The molecule has 0 amide bonds. The lowest BCUT2D eigenvalue weighted by Gasteiger charge is -2.17. The van der Waals surface area contributed by atoms with E-state index in [4.69, 9.17) is 11.6 Å². The van der Waals surface area contributed by atoms with Crippen LogP contribution in [0.4, 0.5) is 0 Å². The maximum Gasteiger partial charge on any atom is 0.285 e. The minimum Gasteiger partial charge on any atom is -0.316 e. The first kappa shape index (κ1) is 19.0. The molecule has 0 fully saturated rings. The fraction of sp³-hybridized carbons (Fsp3) is 0.353. The number of aromatic nitrogens is 1. The van der Waals surface area contributed by atoms with Gasteiger partial charge in [0.05, 0.1) is 4.90 Å². The van der Waals surface area contributed by atoms with E-state index in [1.165, 1.54) is 16.9 Å². The fourth-order valence-corrected chi connectivity index (χ4v) is 4.86. The molecule has 0 aliphatic carbocycles. The van der Waals surface area contributed by atoms with E-state index >= 15 is 0 Å². The molecule has 4 nitrogen and oxygen atoms in total. The van der Waals surface area contributed by atoms with Gasteiger partial charge in [0.1, 0.15) is 0 Å². The Bertz CT molecular complexity index is 902. The van der Waals surface area contributed by atoms with Gasteiger partial charge in [0.25, 0.3) is 10.0 Å². The summed E-state index contributed by atoms with van der Waals surface area (Å²) in [5.74, 6) is 0. The molecule has 0 aliphatic heterocycles. The topological polar surface area (TPSA) is 51.4 Å². The molecule has 0 spiro atoms. The fourth-order valence-electron chi connectivity index (χ4n) is 2.36. The van der Waals surface area contributed by atoms with Crippen LogP contribution in [0.5, 0.6) is 0 Å². The predicted molar refractivity (Wildman–Crippen MR) is 99.9 cm³/mol. The third kappa shape index (κ3) is 4.18. The number of rotatable bonds is 4. The molecule has 2 rings (SSSR count). The molecular weight excluding hydrogens is 364 g/mol. The molecule has 1 aromatic carbocycles. The molecule has 0 aliphatic rings. The molecule has 1 heterocycles. The van der Waals surface area contributed by atoms with Crippen molar-refractivity contribution in [2.45, 2.75) is 44.6 Å². The van der Waals surface area contributed by atoms with Crippen molar-refractivity contribution in [3.8, 4) is 0 Å². The Morgan fingerprint density at radius 3 is 2.42 bits per heavy atom. The van der Waals surface area contributed by atoms with Crippen LogP contribution in [-0.2, 0) is 22.0 Å². The van der Waals surface area contributed by atoms with Crippen molar-refractivity contribution >= 4 is 33.0 Å². The van der Waals surface area contributed by atoms with Crippen molar-refractivity contribution in [2.75, 3.05) is 0 Å². The number of benzene rings is 1. The van der Waals surface area contributed by atoms with Gasteiger partial charge in [-0.1, -0.05) is 56.6 Å². The second kappa shape index (κ2) is 7.25. The minimum atomic E-state index is -3.75. The summed E-state index contributed by atoms with van der Waals surface area (Å²) in [6.07, 6.45) is 1.77. The van der Waals surface area contributed by atoms with Crippen molar-refractivity contribution in [3.05, 3.63) is 57.3 Å². The van der Waals surface area contributed by atoms with Crippen LogP contribution in [0.3, 0.4) is 0 Å². The molecule has 24 heavy (non-hydrogen) atoms. The van der Waals surface area contributed by atoms with Gasteiger partial charge in [-0.05, 0) is 24.5 Å². The first-order chi connectivity index (χ1) is 11.2. The van der Waals surface area contributed by atoms with E-state index in [2.05, 4.69) is 25.2 Å². The highest BCUT2D eigenvalue weighted by Crippen LogP contribution is 2.28. The first-order valence-electron chi connectivity index (χ1n) is 7.49. The lowest BCUT2D eigenvalue weighted by atomic mass is 9.93. The molecule has 0 N–H and O–H groups in total. The van der Waals surface area contributed by atoms with Gasteiger partial charge in [-0.25, -0.2) is 0 Å². The Labute approximate surface area is 152 Å². The van der Waals surface area contributed by atoms with Gasteiger partial charge in [-0.15, -0.1) is 15.7 Å². The molecule has 1 aromatic heterocycles. The largest absolute Gasteiger partial charge is 0.316 e. The van der Waals surface area contributed by atoms with Crippen LogP contribution in [0.25, 0.3) is 0 Å². The van der Waals surface area contributed by atoms with Gasteiger partial charge in [0.2, 0.25) is 4.80 Å². The van der Waals surface area contributed by atoms with Gasteiger partial charge in [0, 0.05) is 22.7 Å². The summed E-state index contributed by atoms with van der Waals surface area (Å²) in [7, 11) is -3.75. The van der Waals surface area contributed by atoms with Gasteiger partial charge >= 0.3 is 0 Å². The van der Waals surface area contributed by atoms with E-state index in [1.807, 2.05) is 11.5 Å². The van der Waals surface area contributed by atoms with Crippen molar-refractivity contribution in [2.24, 2.45) is 4.40 Å². The highest BCUT2D eigenvalue weighted by Gasteiger charge is 2.22. The van der Waals surface area contributed by atoms with Gasteiger partial charge < -0.3 is 4.57 Å². The Balaban J connectivity index is 2.68. The predicted octanol–water partition coefficient (Wildman–Crippen LogP) is 4.20. The van der Waals surface area contributed by atoms with Gasteiger partial charge in [0.15, 0.2) is 0 Å². The van der Waals surface area contributed by atoms with E-state index in [0.717, 1.165) is 10.6 Å². The molecule has 0 radical (unpaired) electrons.